The van der Waals surface area contributed by atoms with E-state index in [1.807, 2.05) is 0 Å². The molecule has 104 valence electrons. The fraction of sp³-hybridized carbons (Fsp3) is 0.368. The largest absolute Gasteiger partial charge is 0.327 e. The van der Waals surface area contributed by atoms with Crippen LogP contribution in [0.3, 0.4) is 0 Å². The smallest absolute Gasteiger partial charge is 0.0146 e. The predicted octanol–water partition coefficient (Wildman–Crippen LogP) is 3.85. The molecule has 0 fully saturated rings. The monoisotopic (exact) mass is 265 g/mol. The van der Waals surface area contributed by atoms with Crippen LogP contribution in [0.5, 0.6) is 0 Å². The van der Waals surface area contributed by atoms with Crippen LogP contribution in [0.2, 0.25) is 0 Å². The van der Waals surface area contributed by atoms with Crippen LogP contribution >= 0.6 is 0 Å². The number of nitrogens with two attached hydrogens (primary N) is 1. The molecule has 2 atom stereocenters. The molecule has 2 aromatic carbocycles. The second-order valence-corrected chi connectivity index (χ2v) is 6.02. The average Bonchev–Trinajstić information content (AvgIpc) is 2.95. The van der Waals surface area contributed by atoms with Gasteiger partial charge in [-0.15, -0.1) is 0 Å². The van der Waals surface area contributed by atoms with Crippen LogP contribution in [0, 0.1) is 0 Å². The summed E-state index contributed by atoms with van der Waals surface area (Å²) in [6.07, 6.45) is 4.77. The molecule has 3 rings (SSSR count). The van der Waals surface area contributed by atoms with Gasteiger partial charge in [0, 0.05) is 6.04 Å². The van der Waals surface area contributed by atoms with Gasteiger partial charge in [-0.25, -0.2) is 0 Å². The molecule has 0 heterocycles. The average molecular weight is 265 g/mol. The van der Waals surface area contributed by atoms with Crippen LogP contribution < -0.4 is 5.73 Å². The van der Waals surface area contributed by atoms with Crippen molar-refractivity contribution in [2.24, 2.45) is 5.73 Å². The Hall–Kier alpha value is -1.60. The lowest BCUT2D eigenvalue weighted by Gasteiger charge is -2.20. The third kappa shape index (κ3) is 2.78. The van der Waals surface area contributed by atoms with E-state index in [0.717, 1.165) is 6.42 Å². The zero-order valence-electron chi connectivity index (χ0n) is 12.2. The van der Waals surface area contributed by atoms with E-state index >= 15 is 0 Å². The van der Waals surface area contributed by atoms with Gasteiger partial charge in [0.1, 0.15) is 0 Å². The van der Waals surface area contributed by atoms with Crippen LogP contribution in [0.15, 0.2) is 48.5 Å². The maximum atomic E-state index is 6.43. The summed E-state index contributed by atoms with van der Waals surface area (Å²) in [5.74, 6) is 0.393. The molecule has 0 aliphatic heterocycles. The number of aryl methyl sites for hydroxylation is 2. The summed E-state index contributed by atoms with van der Waals surface area (Å²) < 4.78 is 0. The first-order chi connectivity index (χ1) is 9.74. The highest BCUT2D eigenvalue weighted by Crippen LogP contribution is 2.25. The van der Waals surface area contributed by atoms with Crippen molar-refractivity contribution < 1.29 is 0 Å². The summed E-state index contributed by atoms with van der Waals surface area (Å²) in [6.45, 7) is 2.23. The molecule has 20 heavy (non-hydrogen) atoms. The number of rotatable bonds is 4. The van der Waals surface area contributed by atoms with E-state index in [4.69, 9.17) is 5.73 Å². The maximum absolute atomic E-state index is 6.43. The lowest BCUT2D eigenvalue weighted by atomic mass is 9.89. The zero-order valence-corrected chi connectivity index (χ0v) is 12.2. The Morgan fingerprint density at radius 3 is 2.55 bits per heavy atom. The van der Waals surface area contributed by atoms with Crippen molar-refractivity contribution >= 4 is 0 Å². The van der Waals surface area contributed by atoms with E-state index in [1.165, 1.54) is 30.4 Å². The molecule has 1 aliphatic carbocycles. The van der Waals surface area contributed by atoms with E-state index in [1.54, 1.807) is 11.1 Å². The van der Waals surface area contributed by atoms with Crippen LogP contribution in [0.25, 0.3) is 0 Å². The van der Waals surface area contributed by atoms with Crippen molar-refractivity contribution in [3.8, 4) is 0 Å². The number of hydrogen-bond acceptors (Lipinski definition) is 1. The summed E-state index contributed by atoms with van der Waals surface area (Å²) in [6, 6.07) is 17.7. The van der Waals surface area contributed by atoms with Gasteiger partial charge < -0.3 is 5.73 Å². The lowest BCUT2D eigenvalue weighted by molar-refractivity contribution is 0.564. The van der Waals surface area contributed by atoms with E-state index in [-0.39, 0.29) is 6.04 Å². The number of fused-ring (bicyclic) bond motifs is 1. The highest BCUT2D eigenvalue weighted by Gasteiger charge is 2.17. The topological polar surface area (TPSA) is 26.0 Å². The summed E-state index contributed by atoms with van der Waals surface area (Å²) in [7, 11) is 0. The van der Waals surface area contributed by atoms with E-state index in [0.29, 0.717) is 5.92 Å². The molecule has 0 aromatic heterocycles. The van der Waals surface area contributed by atoms with Gasteiger partial charge in [0.2, 0.25) is 0 Å². The quantitative estimate of drug-likeness (QED) is 0.893. The molecule has 0 saturated carbocycles. The number of hydrogen-bond donors (Lipinski definition) is 1. The molecule has 2 unspecified atom stereocenters. The standard InChI is InChI=1S/C19H23N/c1-14(16-6-3-2-4-7-16)19(20)13-15-10-11-17-8-5-9-18(17)12-15/h2-4,6-7,10-12,14,19H,5,8-9,13,20H2,1H3. The second kappa shape index (κ2) is 5.80. The van der Waals surface area contributed by atoms with Gasteiger partial charge in [-0.3, -0.25) is 0 Å². The maximum Gasteiger partial charge on any atom is 0.0146 e. The van der Waals surface area contributed by atoms with Gasteiger partial charge in [0.15, 0.2) is 0 Å². The molecule has 0 bridgehead atoms. The Kier molecular flexibility index (Phi) is 3.88. The Morgan fingerprint density at radius 2 is 1.75 bits per heavy atom. The molecule has 0 spiro atoms. The fourth-order valence-electron chi connectivity index (χ4n) is 3.20. The van der Waals surface area contributed by atoms with Crippen molar-refractivity contribution in [1.82, 2.24) is 0 Å². The normalized spacial score (nSPS) is 16.7. The number of benzene rings is 2. The summed E-state index contributed by atoms with van der Waals surface area (Å²) in [5.41, 5.74) is 12.2. The summed E-state index contributed by atoms with van der Waals surface area (Å²) >= 11 is 0. The van der Waals surface area contributed by atoms with Crippen molar-refractivity contribution in [2.45, 2.75) is 44.6 Å². The minimum atomic E-state index is 0.178. The van der Waals surface area contributed by atoms with Crippen LogP contribution in [-0.4, -0.2) is 6.04 Å². The van der Waals surface area contributed by atoms with Gasteiger partial charge >= 0.3 is 0 Å². The van der Waals surface area contributed by atoms with E-state index < -0.39 is 0 Å². The molecule has 1 aliphatic rings. The van der Waals surface area contributed by atoms with Crippen LogP contribution in [-0.2, 0) is 19.3 Å². The third-order valence-corrected chi connectivity index (χ3v) is 4.60. The molecule has 2 N–H and O–H groups in total. The van der Waals surface area contributed by atoms with E-state index in [2.05, 4.69) is 55.5 Å². The van der Waals surface area contributed by atoms with Crippen molar-refractivity contribution in [2.75, 3.05) is 0 Å². The van der Waals surface area contributed by atoms with E-state index in [9.17, 15) is 0 Å². The highest BCUT2D eigenvalue weighted by molar-refractivity contribution is 5.36. The van der Waals surface area contributed by atoms with Crippen LogP contribution in [0.4, 0.5) is 0 Å². The van der Waals surface area contributed by atoms with Gasteiger partial charge in [0.25, 0.3) is 0 Å². The highest BCUT2D eigenvalue weighted by atomic mass is 14.6. The first-order valence-electron chi connectivity index (χ1n) is 7.65. The van der Waals surface area contributed by atoms with Crippen molar-refractivity contribution in [3.63, 3.8) is 0 Å². The Balaban J connectivity index is 1.71. The minimum absolute atomic E-state index is 0.178. The van der Waals surface area contributed by atoms with Gasteiger partial charge in [-0.1, -0.05) is 55.5 Å². The Labute approximate surface area is 121 Å². The van der Waals surface area contributed by atoms with Gasteiger partial charge in [-0.05, 0) is 53.9 Å². The third-order valence-electron chi connectivity index (χ3n) is 4.60. The molecule has 1 nitrogen and oxygen atoms in total. The molecule has 1 heteroatoms. The first-order valence-corrected chi connectivity index (χ1v) is 7.65. The predicted molar refractivity (Wildman–Crippen MR) is 85.0 cm³/mol. The summed E-state index contributed by atoms with van der Waals surface area (Å²) in [5, 5.41) is 0. The van der Waals surface area contributed by atoms with Crippen LogP contribution in [0.1, 0.15) is 41.5 Å². The molecular formula is C19H23N. The second-order valence-electron chi connectivity index (χ2n) is 6.02. The Morgan fingerprint density at radius 1 is 1.00 bits per heavy atom. The molecule has 2 aromatic rings. The van der Waals surface area contributed by atoms with Crippen molar-refractivity contribution in [1.29, 1.82) is 0 Å². The molecule has 0 radical (unpaired) electrons. The molecule has 0 amide bonds. The molecule has 0 saturated heterocycles. The minimum Gasteiger partial charge on any atom is -0.327 e. The molecular weight excluding hydrogens is 242 g/mol. The lowest BCUT2D eigenvalue weighted by Crippen LogP contribution is -2.29. The van der Waals surface area contributed by atoms with Crippen molar-refractivity contribution in [3.05, 3.63) is 70.8 Å². The zero-order chi connectivity index (χ0) is 13.9. The summed E-state index contributed by atoms with van der Waals surface area (Å²) in [4.78, 5) is 0. The van der Waals surface area contributed by atoms with Gasteiger partial charge in [-0.2, -0.15) is 0 Å². The SMILES string of the molecule is CC(c1ccccc1)C(N)Cc1ccc2c(c1)CCC2. The van der Waals surface area contributed by atoms with Gasteiger partial charge in [0.05, 0.1) is 0 Å². The Bertz CT molecular complexity index is 574. The first kappa shape index (κ1) is 13.4. The fourth-order valence-corrected chi connectivity index (χ4v) is 3.20.